The first kappa shape index (κ1) is 14.2. The molecule has 1 amide bonds. The lowest BCUT2D eigenvalue weighted by molar-refractivity contribution is -0.129. The number of hydroxylamine groups is 1. The summed E-state index contributed by atoms with van der Waals surface area (Å²) in [4.78, 5) is 10.9. The highest BCUT2D eigenvalue weighted by atomic mass is 16.5. The van der Waals surface area contributed by atoms with Crippen LogP contribution in [-0.4, -0.2) is 26.1 Å². The third kappa shape index (κ3) is 3.89. The maximum atomic E-state index is 10.9. The summed E-state index contributed by atoms with van der Waals surface area (Å²) in [5.41, 5.74) is 3.73. The lowest BCUT2D eigenvalue weighted by Crippen LogP contribution is -2.17. The number of nitrogens with one attached hydrogen (secondary N) is 1. The van der Waals surface area contributed by atoms with E-state index < -0.39 is 0 Å². The smallest absolute Gasteiger partial charge is 0.243 e. The second-order valence-corrected chi connectivity index (χ2v) is 4.55. The van der Waals surface area contributed by atoms with E-state index in [4.69, 9.17) is 5.21 Å². The van der Waals surface area contributed by atoms with Crippen molar-refractivity contribution in [2.75, 3.05) is 0 Å². The van der Waals surface area contributed by atoms with E-state index in [1.165, 1.54) is 0 Å². The predicted molar refractivity (Wildman–Crippen MR) is 73.9 cm³/mol. The molecule has 106 valence electrons. The van der Waals surface area contributed by atoms with Crippen LogP contribution in [0.3, 0.4) is 0 Å². The molecule has 0 saturated carbocycles. The molecule has 0 radical (unpaired) electrons. The van der Waals surface area contributed by atoms with E-state index >= 15 is 0 Å². The molecule has 6 nitrogen and oxygen atoms in total. The first-order valence-corrected chi connectivity index (χ1v) is 6.68. The van der Waals surface area contributed by atoms with Crippen LogP contribution in [0.1, 0.15) is 25.7 Å². The molecule has 0 saturated heterocycles. The summed E-state index contributed by atoms with van der Waals surface area (Å²) in [5.74, 6) is -0.337. The van der Waals surface area contributed by atoms with Crippen molar-refractivity contribution in [1.82, 2.24) is 20.5 Å². The SMILES string of the molecule is O=C(CCCCCn1nncc1-c1ccccc1)NO. The Morgan fingerprint density at radius 3 is 2.75 bits per heavy atom. The molecule has 2 N–H and O–H groups in total. The second kappa shape index (κ2) is 7.40. The molecule has 1 aromatic heterocycles. The fourth-order valence-electron chi connectivity index (χ4n) is 2.04. The number of hydrogen-bond donors (Lipinski definition) is 2. The van der Waals surface area contributed by atoms with E-state index in [0.717, 1.165) is 37.1 Å². The number of hydrogen-bond acceptors (Lipinski definition) is 4. The lowest BCUT2D eigenvalue weighted by Gasteiger charge is -2.06. The van der Waals surface area contributed by atoms with E-state index in [1.807, 2.05) is 35.0 Å². The van der Waals surface area contributed by atoms with E-state index in [9.17, 15) is 4.79 Å². The molecule has 0 aliphatic carbocycles. The van der Waals surface area contributed by atoms with Crippen molar-refractivity contribution in [1.29, 1.82) is 0 Å². The van der Waals surface area contributed by atoms with Gasteiger partial charge in [-0.3, -0.25) is 10.0 Å². The van der Waals surface area contributed by atoms with Gasteiger partial charge in [-0.1, -0.05) is 42.0 Å². The van der Waals surface area contributed by atoms with Gasteiger partial charge in [0, 0.05) is 18.5 Å². The Kier molecular flexibility index (Phi) is 5.25. The average Bonchev–Trinajstić information content (AvgIpc) is 2.96. The lowest BCUT2D eigenvalue weighted by atomic mass is 10.1. The zero-order valence-corrected chi connectivity index (χ0v) is 11.2. The third-order valence-electron chi connectivity index (χ3n) is 3.09. The van der Waals surface area contributed by atoms with E-state index in [-0.39, 0.29) is 5.91 Å². The van der Waals surface area contributed by atoms with Gasteiger partial charge in [0.2, 0.25) is 5.91 Å². The number of nitrogens with zero attached hydrogens (tertiary/aromatic N) is 3. The fraction of sp³-hybridized carbons (Fsp3) is 0.357. The number of amides is 1. The maximum absolute atomic E-state index is 10.9. The molecule has 2 rings (SSSR count). The van der Waals surface area contributed by atoms with Crippen LogP contribution in [0, 0.1) is 0 Å². The van der Waals surface area contributed by atoms with Crippen LogP contribution in [-0.2, 0) is 11.3 Å². The maximum Gasteiger partial charge on any atom is 0.243 e. The van der Waals surface area contributed by atoms with Crippen LogP contribution in [0.2, 0.25) is 0 Å². The zero-order chi connectivity index (χ0) is 14.2. The minimum Gasteiger partial charge on any atom is -0.289 e. The van der Waals surface area contributed by atoms with Crippen molar-refractivity contribution in [3.63, 3.8) is 0 Å². The quantitative estimate of drug-likeness (QED) is 0.460. The van der Waals surface area contributed by atoms with Crippen molar-refractivity contribution in [3.05, 3.63) is 36.5 Å². The van der Waals surface area contributed by atoms with Crippen LogP contribution in [0.15, 0.2) is 36.5 Å². The first-order valence-electron chi connectivity index (χ1n) is 6.68. The van der Waals surface area contributed by atoms with Gasteiger partial charge in [0.05, 0.1) is 11.9 Å². The standard InChI is InChI=1S/C14H18N4O2/c19-14(16-20)9-5-2-6-10-18-13(11-15-17-18)12-7-3-1-4-8-12/h1,3-4,7-8,11,20H,2,5-6,9-10H2,(H,16,19). The monoisotopic (exact) mass is 274 g/mol. The van der Waals surface area contributed by atoms with E-state index in [2.05, 4.69) is 10.3 Å². The molecule has 20 heavy (non-hydrogen) atoms. The second-order valence-electron chi connectivity index (χ2n) is 4.55. The predicted octanol–water partition coefficient (Wildman–Crippen LogP) is 2.01. The molecule has 0 fully saturated rings. The summed E-state index contributed by atoms with van der Waals surface area (Å²) in [7, 11) is 0. The first-order chi connectivity index (χ1) is 9.81. The molecule has 6 heteroatoms. The topological polar surface area (TPSA) is 80.0 Å². The molecule has 0 atom stereocenters. The Bertz CT molecular complexity index is 539. The molecular formula is C14H18N4O2. The Morgan fingerprint density at radius 2 is 2.00 bits per heavy atom. The van der Waals surface area contributed by atoms with Crippen molar-refractivity contribution in [2.45, 2.75) is 32.2 Å². The van der Waals surface area contributed by atoms with Crippen LogP contribution in [0.4, 0.5) is 0 Å². The minimum atomic E-state index is -0.337. The highest BCUT2D eigenvalue weighted by Crippen LogP contribution is 2.17. The molecular weight excluding hydrogens is 256 g/mol. The molecule has 0 unspecified atom stereocenters. The minimum absolute atomic E-state index is 0.337. The average molecular weight is 274 g/mol. The van der Waals surface area contributed by atoms with Gasteiger partial charge in [-0.15, -0.1) is 5.10 Å². The number of carbonyl (C=O) groups excluding carboxylic acids is 1. The largest absolute Gasteiger partial charge is 0.289 e. The fourth-order valence-corrected chi connectivity index (χ4v) is 2.04. The van der Waals surface area contributed by atoms with Gasteiger partial charge in [0.1, 0.15) is 0 Å². The van der Waals surface area contributed by atoms with Crippen molar-refractivity contribution in [2.24, 2.45) is 0 Å². The summed E-state index contributed by atoms with van der Waals surface area (Å²) in [6, 6.07) is 10.0. The molecule has 0 spiro atoms. The third-order valence-corrected chi connectivity index (χ3v) is 3.09. The van der Waals surface area contributed by atoms with Crippen LogP contribution >= 0.6 is 0 Å². The van der Waals surface area contributed by atoms with Gasteiger partial charge in [-0.2, -0.15) is 0 Å². The van der Waals surface area contributed by atoms with Crippen LogP contribution in [0.5, 0.6) is 0 Å². The summed E-state index contributed by atoms with van der Waals surface area (Å²) in [5, 5.41) is 16.4. The molecule has 0 bridgehead atoms. The number of aryl methyl sites for hydroxylation is 1. The van der Waals surface area contributed by atoms with Crippen LogP contribution in [0.25, 0.3) is 11.3 Å². The summed E-state index contributed by atoms with van der Waals surface area (Å²) >= 11 is 0. The van der Waals surface area contributed by atoms with Gasteiger partial charge in [-0.05, 0) is 12.8 Å². The van der Waals surface area contributed by atoms with Gasteiger partial charge in [0.25, 0.3) is 0 Å². The van der Waals surface area contributed by atoms with E-state index in [0.29, 0.717) is 6.42 Å². The molecule has 0 aliphatic heterocycles. The van der Waals surface area contributed by atoms with Gasteiger partial charge in [-0.25, -0.2) is 10.2 Å². The van der Waals surface area contributed by atoms with Gasteiger partial charge in [0.15, 0.2) is 0 Å². The van der Waals surface area contributed by atoms with Gasteiger partial charge >= 0.3 is 0 Å². The molecule has 1 aromatic carbocycles. The van der Waals surface area contributed by atoms with Crippen LogP contribution < -0.4 is 5.48 Å². The number of aromatic nitrogens is 3. The molecule has 2 aromatic rings. The Hall–Kier alpha value is -2.21. The Morgan fingerprint density at radius 1 is 1.20 bits per heavy atom. The van der Waals surface area contributed by atoms with Crippen molar-refractivity contribution in [3.8, 4) is 11.3 Å². The highest BCUT2D eigenvalue weighted by Gasteiger charge is 2.06. The summed E-state index contributed by atoms with van der Waals surface area (Å²) in [6.45, 7) is 0.769. The van der Waals surface area contributed by atoms with Crippen molar-refractivity contribution < 1.29 is 10.0 Å². The molecule has 1 heterocycles. The van der Waals surface area contributed by atoms with Crippen molar-refractivity contribution >= 4 is 5.91 Å². The number of unbranched alkanes of at least 4 members (excludes halogenated alkanes) is 2. The summed E-state index contributed by atoms with van der Waals surface area (Å²) < 4.78 is 1.88. The highest BCUT2D eigenvalue weighted by molar-refractivity contribution is 5.74. The Labute approximate surface area is 117 Å². The molecule has 0 aliphatic rings. The number of carbonyl (C=O) groups is 1. The number of rotatable bonds is 7. The summed E-state index contributed by atoms with van der Waals surface area (Å²) in [6.07, 6.45) is 4.68. The number of benzene rings is 1. The normalized spacial score (nSPS) is 10.4. The Balaban J connectivity index is 1.83. The van der Waals surface area contributed by atoms with Gasteiger partial charge < -0.3 is 0 Å². The van der Waals surface area contributed by atoms with E-state index in [1.54, 1.807) is 11.7 Å². The zero-order valence-electron chi connectivity index (χ0n) is 11.2.